The number of nitrogens with one attached hydrogen (secondary N) is 1. The van der Waals surface area contributed by atoms with E-state index in [1.165, 1.54) is 23.3 Å². The molecule has 1 heterocycles. The van der Waals surface area contributed by atoms with E-state index in [2.05, 4.69) is 47.5 Å². The van der Waals surface area contributed by atoms with Crippen LogP contribution in [0.1, 0.15) is 22.7 Å². The Morgan fingerprint density at radius 2 is 1.92 bits per heavy atom. The molecule has 0 radical (unpaired) electrons. The van der Waals surface area contributed by atoms with Gasteiger partial charge in [0, 0.05) is 19.6 Å². The van der Waals surface area contributed by atoms with Crippen LogP contribution in [0.3, 0.4) is 0 Å². The lowest BCUT2D eigenvalue weighted by Crippen LogP contribution is -2.41. The SMILES string of the molecule is Cc1ccc(C(CNc2ccc(F)cc2C#N)N2CCOCC2)cc1. The Balaban J connectivity index is 1.80. The van der Waals surface area contributed by atoms with Gasteiger partial charge in [0.1, 0.15) is 11.9 Å². The van der Waals surface area contributed by atoms with Gasteiger partial charge < -0.3 is 10.1 Å². The zero-order chi connectivity index (χ0) is 17.6. The summed E-state index contributed by atoms with van der Waals surface area (Å²) < 4.78 is 18.8. The molecule has 4 nitrogen and oxygen atoms in total. The van der Waals surface area contributed by atoms with Crippen LogP contribution in [0.15, 0.2) is 42.5 Å². The van der Waals surface area contributed by atoms with E-state index >= 15 is 0 Å². The number of nitriles is 1. The van der Waals surface area contributed by atoms with Gasteiger partial charge in [-0.2, -0.15) is 5.26 Å². The number of aryl methyl sites for hydroxylation is 1. The predicted molar refractivity (Wildman–Crippen MR) is 95.9 cm³/mol. The third-order valence-electron chi connectivity index (χ3n) is 4.54. The number of benzene rings is 2. The van der Waals surface area contributed by atoms with Gasteiger partial charge >= 0.3 is 0 Å². The van der Waals surface area contributed by atoms with Gasteiger partial charge in [0.15, 0.2) is 0 Å². The van der Waals surface area contributed by atoms with Crippen molar-refractivity contribution in [1.29, 1.82) is 5.26 Å². The van der Waals surface area contributed by atoms with Crippen LogP contribution in [0, 0.1) is 24.1 Å². The molecular weight excluding hydrogens is 317 g/mol. The summed E-state index contributed by atoms with van der Waals surface area (Å²) in [6, 6.07) is 15.0. The van der Waals surface area contributed by atoms with Gasteiger partial charge in [-0.25, -0.2) is 4.39 Å². The molecule has 1 fully saturated rings. The first-order valence-corrected chi connectivity index (χ1v) is 8.49. The maximum atomic E-state index is 13.3. The molecule has 1 aliphatic heterocycles. The summed E-state index contributed by atoms with van der Waals surface area (Å²) in [6.45, 7) is 5.90. The molecule has 0 aliphatic carbocycles. The van der Waals surface area contributed by atoms with E-state index in [1.807, 2.05) is 0 Å². The zero-order valence-corrected chi connectivity index (χ0v) is 14.3. The van der Waals surface area contributed by atoms with E-state index < -0.39 is 5.82 Å². The summed E-state index contributed by atoms with van der Waals surface area (Å²) in [6.07, 6.45) is 0. The van der Waals surface area contributed by atoms with Crippen molar-refractivity contribution in [2.24, 2.45) is 0 Å². The Bertz CT molecular complexity index is 749. The number of nitrogens with zero attached hydrogens (tertiary/aromatic N) is 2. The van der Waals surface area contributed by atoms with Crippen LogP contribution in [0.4, 0.5) is 10.1 Å². The average Bonchev–Trinajstić information content (AvgIpc) is 2.65. The normalized spacial score (nSPS) is 16.2. The molecule has 0 aromatic heterocycles. The fraction of sp³-hybridized carbons (Fsp3) is 0.350. The van der Waals surface area contributed by atoms with Gasteiger partial charge in [0.2, 0.25) is 0 Å². The minimum Gasteiger partial charge on any atom is -0.382 e. The Morgan fingerprint density at radius 3 is 2.60 bits per heavy atom. The van der Waals surface area contributed by atoms with Crippen LogP contribution in [0.5, 0.6) is 0 Å². The van der Waals surface area contributed by atoms with E-state index in [4.69, 9.17) is 4.74 Å². The molecule has 0 saturated carbocycles. The number of ether oxygens (including phenoxy) is 1. The molecule has 0 bridgehead atoms. The van der Waals surface area contributed by atoms with Crippen LogP contribution in [0.25, 0.3) is 0 Å². The molecule has 1 unspecified atom stereocenters. The fourth-order valence-electron chi connectivity index (χ4n) is 3.11. The third kappa shape index (κ3) is 4.36. The van der Waals surface area contributed by atoms with Crippen LogP contribution in [-0.2, 0) is 4.74 Å². The van der Waals surface area contributed by atoms with Gasteiger partial charge in [-0.1, -0.05) is 29.8 Å². The van der Waals surface area contributed by atoms with Crippen molar-refractivity contribution in [3.8, 4) is 6.07 Å². The number of anilines is 1. The smallest absolute Gasteiger partial charge is 0.124 e. The van der Waals surface area contributed by atoms with Crippen LogP contribution >= 0.6 is 0 Å². The Morgan fingerprint density at radius 1 is 1.20 bits per heavy atom. The summed E-state index contributed by atoms with van der Waals surface area (Å²) in [4.78, 5) is 2.39. The Labute approximate surface area is 147 Å². The van der Waals surface area contributed by atoms with Crippen molar-refractivity contribution in [2.75, 3.05) is 38.2 Å². The van der Waals surface area contributed by atoms with Crippen LogP contribution < -0.4 is 5.32 Å². The quantitative estimate of drug-likeness (QED) is 0.906. The average molecular weight is 339 g/mol. The van der Waals surface area contributed by atoms with Crippen LogP contribution in [-0.4, -0.2) is 37.7 Å². The lowest BCUT2D eigenvalue weighted by atomic mass is 10.0. The monoisotopic (exact) mass is 339 g/mol. The van der Waals surface area contributed by atoms with E-state index in [-0.39, 0.29) is 6.04 Å². The summed E-state index contributed by atoms with van der Waals surface area (Å²) >= 11 is 0. The molecule has 1 saturated heterocycles. The molecule has 25 heavy (non-hydrogen) atoms. The minimum atomic E-state index is -0.398. The molecule has 0 amide bonds. The maximum Gasteiger partial charge on any atom is 0.124 e. The standard InChI is InChI=1S/C20H22FN3O/c1-15-2-4-16(5-3-15)20(24-8-10-25-11-9-24)14-23-19-7-6-18(21)12-17(19)13-22/h2-7,12,20,23H,8-11,14H2,1H3. The van der Waals surface area contributed by atoms with E-state index in [9.17, 15) is 9.65 Å². The highest BCUT2D eigenvalue weighted by molar-refractivity contribution is 5.57. The largest absolute Gasteiger partial charge is 0.382 e. The molecule has 130 valence electrons. The van der Waals surface area contributed by atoms with Gasteiger partial charge in [-0.15, -0.1) is 0 Å². The Hall–Kier alpha value is -2.42. The first-order valence-electron chi connectivity index (χ1n) is 8.49. The van der Waals surface area contributed by atoms with Crippen molar-refractivity contribution < 1.29 is 9.13 Å². The molecule has 0 spiro atoms. The topological polar surface area (TPSA) is 48.3 Å². The molecule has 1 N–H and O–H groups in total. The molecule has 2 aromatic rings. The zero-order valence-electron chi connectivity index (χ0n) is 14.3. The second-order valence-electron chi connectivity index (χ2n) is 6.26. The number of rotatable bonds is 5. The number of hydrogen-bond acceptors (Lipinski definition) is 4. The molecular formula is C20H22FN3O. The van der Waals surface area contributed by atoms with Gasteiger partial charge in [-0.3, -0.25) is 4.90 Å². The number of halogens is 1. The second kappa shape index (κ2) is 8.11. The molecule has 3 rings (SSSR count). The fourth-order valence-corrected chi connectivity index (χ4v) is 3.11. The van der Waals surface area contributed by atoms with Crippen molar-refractivity contribution in [3.05, 3.63) is 65.0 Å². The Kier molecular flexibility index (Phi) is 5.64. The molecule has 5 heteroatoms. The molecule has 2 aromatic carbocycles. The minimum absolute atomic E-state index is 0.168. The molecule has 1 aliphatic rings. The van der Waals surface area contributed by atoms with E-state index in [0.29, 0.717) is 17.8 Å². The highest BCUT2D eigenvalue weighted by Gasteiger charge is 2.22. The van der Waals surface area contributed by atoms with Gasteiger partial charge in [0.05, 0.1) is 30.5 Å². The second-order valence-corrected chi connectivity index (χ2v) is 6.26. The van der Waals surface area contributed by atoms with Crippen molar-refractivity contribution in [1.82, 2.24) is 4.90 Å². The summed E-state index contributed by atoms with van der Waals surface area (Å²) in [5, 5.41) is 12.6. The highest BCUT2D eigenvalue weighted by Crippen LogP contribution is 2.24. The third-order valence-corrected chi connectivity index (χ3v) is 4.54. The number of morpholine rings is 1. The first kappa shape index (κ1) is 17.4. The lowest BCUT2D eigenvalue weighted by molar-refractivity contribution is 0.0187. The predicted octanol–water partition coefficient (Wildman–Crippen LogP) is 3.49. The highest BCUT2D eigenvalue weighted by atomic mass is 19.1. The van der Waals surface area contributed by atoms with E-state index in [1.54, 1.807) is 6.07 Å². The van der Waals surface area contributed by atoms with Crippen molar-refractivity contribution in [3.63, 3.8) is 0 Å². The van der Waals surface area contributed by atoms with Crippen LogP contribution in [0.2, 0.25) is 0 Å². The van der Waals surface area contributed by atoms with E-state index in [0.717, 1.165) is 26.3 Å². The van der Waals surface area contributed by atoms with Crippen molar-refractivity contribution in [2.45, 2.75) is 13.0 Å². The summed E-state index contributed by atoms with van der Waals surface area (Å²) in [5.74, 6) is -0.398. The van der Waals surface area contributed by atoms with Gasteiger partial charge in [-0.05, 0) is 30.7 Å². The molecule has 1 atom stereocenters. The lowest BCUT2D eigenvalue weighted by Gasteiger charge is -2.35. The number of hydrogen-bond donors (Lipinski definition) is 1. The maximum absolute atomic E-state index is 13.3. The first-order chi connectivity index (χ1) is 12.2. The summed E-state index contributed by atoms with van der Waals surface area (Å²) in [5.41, 5.74) is 3.43. The van der Waals surface area contributed by atoms with Gasteiger partial charge in [0.25, 0.3) is 0 Å². The van der Waals surface area contributed by atoms with Crippen molar-refractivity contribution >= 4 is 5.69 Å². The summed E-state index contributed by atoms with van der Waals surface area (Å²) in [7, 11) is 0.